The van der Waals surface area contributed by atoms with Gasteiger partial charge in [-0.3, -0.25) is 14.2 Å². The average Bonchev–Trinajstić information content (AvgIpc) is 3.34. The smallest absolute Gasteiger partial charge is 0.333 e. The summed E-state index contributed by atoms with van der Waals surface area (Å²) in [4.78, 5) is 37.2. The number of benzene rings is 1. The van der Waals surface area contributed by atoms with Crippen molar-refractivity contribution in [2.45, 2.75) is 32.4 Å². The highest BCUT2D eigenvalue weighted by molar-refractivity contribution is 7.07. The van der Waals surface area contributed by atoms with E-state index in [4.69, 9.17) is 9.47 Å². The number of aromatic nitrogens is 1. The number of rotatable bonds is 7. The number of nitrogens with zero attached hydrogens (tertiary/aromatic N) is 1. The van der Waals surface area contributed by atoms with Gasteiger partial charge in [-0.1, -0.05) is 6.07 Å². The molecule has 2 aromatic rings. The summed E-state index contributed by atoms with van der Waals surface area (Å²) in [5, 5.41) is 2.70. The molecule has 1 aromatic heterocycles. The van der Waals surface area contributed by atoms with Gasteiger partial charge in [0.25, 0.3) is 5.56 Å². The number of amides is 1. The summed E-state index contributed by atoms with van der Waals surface area (Å²) in [6, 6.07) is 3.36. The molecule has 1 amide bonds. The highest BCUT2D eigenvalue weighted by Gasteiger charge is 2.17. The van der Waals surface area contributed by atoms with Gasteiger partial charge in [-0.2, -0.15) is 0 Å². The molecule has 1 aliphatic heterocycles. The highest BCUT2D eigenvalue weighted by Crippen LogP contribution is 2.12. The minimum absolute atomic E-state index is 0.0218. The predicted octanol–water partition coefficient (Wildman–Crippen LogP) is 0.656. The number of carbonyl (C=O) groups is 2. The van der Waals surface area contributed by atoms with Gasteiger partial charge in [-0.15, -0.1) is 11.3 Å². The van der Waals surface area contributed by atoms with Crippen LogP contribution in [0.5, 0.6) is 0 Å². The van der Waals surface area contributed by atoms with Crippen molar-refractivity contribution in [2.24, 2.45) is 0 Å². The fourth-order valence-corrected chi connectivity index (χ4v) is 4.10. The molecule has 1 aromatic carbocycles. The quantitative estimate of drug-likeness (QED) is 0.624. The number of carbonyl (C=O) groups excluding carboxylic acids is 2. The van der Waals surface area contributed by atoms with Crippen LogP contribution in [0.3, 0.4) is 0 Å². The Morgan fingerprint density at radius 2 is 2.10 bits per heavy atom. The van der Waals surface area contributed by atoms with Gasteiger partial charge in [0.15, 0.2) is 0 Å². The third kappa shape index (κ3) is 5.86. The highest BCUT2D eigenvalue weighted by atomic mass is 32.1. The molecule has 1 aliphatic rings. The molecular weight excluding hydrogens is 430 g/mol. The molecule has 0 saturated carbocycles. The first kappa shape index (κ1) is 22.8. The maximum absolute atomic E-state index is 14.0. The molecule has 2 heterocycles. The van der Waals surface area contributed by atoms with E-state index in [1.807, 2.05) is 0 Å². The Morgan fingerprint density at radius 1 is 1.35 bits per heavy atom. The van der Waals surface area contributed by atoms with Crippen molar-refractivity contribution in [3.05, 3.63) is 54.9 Å². The SMILES string of the molecule is CCOC(=O)C=c1sc(=Cc2c(F)cccc2F)c(=O)n1CC(=O)NCC1CCCO1. The zero-order valence-electron chi connectivity index (χ0n) is 16.9. The summed E-state index contributed by atoms with van der Waals surface area (Å²) < 4.78 is 39.5. The van der Waals surface area contributed by atoms with E-state index in [1.54, 1.807) is 6.92 Å². The van der Waals surface area contributed by atoms with Crippen LogP contribution in [0.1, 0.15) is 25.3 Å². The van der Waals surface area contributed by atoms with E-state index in [1.165, 1.54) is 6.07 Å². The van der Waals surface area contributed by atoms with Crippen molar-refractivity contribution < 1.29 is 27.8 Å². The Balaban J connectivity index is 1.96. The summed E-state index contributed by atoms with van der Waals surface area (Å²) in [5.41, 5.74) is -1.02. The first-order chi connectivity index (χ1) is 14.9. The lowest BCUT2D eigenvalue weighted by Gasteiger charge is -2.10. The number of esters is 1. The fourth-order valence-electron chi connectivity index (χ4n) is 3.09. The number of nitrogens with one attached hydrogen (secondary N) is 1. The van der Waals surface area contributed by atoms with Gasteiger partial charge >= 0.3 is 5.97 Å². The molecule has 0 spiro atoms. The van der Waals surface area contributed by atoms with E-state index in [9.17, 15) is 23.2 Å². The maximum atomic E-state index is 14.0. The molecule has 0 bridgehead atoms. The van der Waals surface area contributed by atoms with Crippen LogP contribution < -0.4 is 20.1 Å². The standard InChI is InChI=1S/C21H22F2N2O5S/c1-2-29-20(27)10-19-25(12-18(26)24-11-13-5-4-8-30-13)21(28)17(31-19)9-14-15(22)6-3-7-16(14)23/h3,6-7,9-10,13H,2,4-5,8,11-12H2,1H3,(H,24,26). The number of hydrogen-bond donors (Lipinski definition) is 1. The monoisotopic (exact) mass is 452 g/mol. The Bertz CT molecular complexity index is 1120. The second-order valence-electron chi connectivity index (χ2n) is 6.81. The van der Waals surface area contributed by atoms with E-state index in [2.05, 4.69) is 5.32 Å². The third-order valence-corrected chi connectivity index (χ3v) is 5.65. The van der Waals surface area contributed by atoms with Crippen LogP contribution in [0.2, 0.25) is 0 Å². The van der Waals surface area contributed by atoms with Crippen LogP contribution in [0, 0.1) is 11.6 Å². The molecule has 1 N–H and O–H groups in total. The average molecular weight is 452 g/mol. The number of thiazole rings is 1. The van der Waals surface area contributed by atoms with E-state index in [-0.39, 0.29) is 34.0 Å². The van der Waals surface area contributed by atoms with Crippen LogP contribution >= 0.6 is 11.3 Å². The molecule has 1 saturated heterocycles. The molecule has 1 unspecified atom stereocenters. The Morgan fingerprint density at radius 3 is 2.74 bits per heavy atom. The fraction of sp³-hybridized carbons (Fsp3) is 0.381. The molecule has 0 radical (unpaired) electrons. The largest absolute Gasteiger partial charge is 0.463 e. The zero-order chi connectivity index (χ0) is 22.4. The van der Waals surface area contributed by atoms with Crippen molar-refractivity contribution in [1.29, 1.82) is 0 Å². The zero-order valence-corrected chi connectivity index (χ0v) is 17.7. The Labute approximate surface area is 180 Å². The summed E-state index contributed by atoms with van der Waals surface area (Å²) in [5.74, 6) is -2.80. The van der Waals surface area contributed by atoms with Crippen LogP contribution in [0.15, 0.2) is 23.0 Å². The summed E-state index contributed by atoms with van der Waals surface area (Å²) >= 11 is 0.838. The topological polar surface area (TPSA) is 86.6 Å². The van der Waals surface area contributed by atoms with Gasteiger partial charge in [-0.05, 0) is 38.0 Å². The molecular formula is C21H22F2N2O5S. The minimum Gasteiger partial charge on any atom is -0.463 e. The second-order valence-corrected chi connectivity index (χ2v) is 7.87. The van der Waals surface area contributed by atoms with Gasteiger partial charge in [0, 0.05) is 18.7 Å². The normalized spacial score (nSPS) is 17.2. The van der Waals surface area contributed by atoms with E-state index < -0.39 is 29.1 Å². The van der Waals surface area contributed by atoms with Gasteiger partial charge in [0.1, 0.15) is 22.8 Å². The first-order valence-electron chi connectivity index (χ1n) is 9.81. The Kier molecular flexibility index (Phi) is 7.69. The van der Waals surface area contributed by atoms with Gasteiger partial charge < -0.3 is 14.8 Å². The van der Waals surface area contributed by atoms with Gasteiger partial charge in [-0.25, -0.2) is 13.6 Å². The predicted molar refractivity (Wildman–Crippen MR) is 111 cm³/mol. The molecule has 1 fully saturated rings. The molecule has 166 valence electrons. The first-order valence-corrected chi connectivity index (χ1v) is 10.6. The summed E-state index contributed by atoms with van der Waals surface area (Å²) in [7, 11) is 0. The van der Waals surface area contributed by atoms with Crippen molar-refractivity contribution in [3.63, 3.8) is 0 Å². The van der Waals surface area contributed by atoms with Crippen LogP contribution in [-0.4, -0.2) is 42.3 Å². The van der Waals surface area contributed by atoms with Crippen molar-refractivity contribution in [2.75, 3.05) is 19.8 Å². The van der Waals surface area contributed by atoms with E-state index >= 15 is 0 Å². The third-order valence-electron chi connectivity index (χ3n) is 4.59. The lowest BCUT2D eigenvalue weighted by molar-refractivity contribution is -0.135. The molecule has 1 atom stereocenters. The second kappa shape index (κ2) is 10.5. The van der Waals surface area contributed by atoms with Crippen molar-refractivity contribution >= 4 is 35.4 Å². The molecule has 3 rings (SSSR count). The van der Waals surface area contributed by atoms with E-state index in [0.717, 1.165) is 53.0 Å². The molecule has 31 heavy (non-hydrogen) atoms. The maximum Gasteiger partial charge on any atom is 0.333 e. The lowest BCUT2D eigenvalue weighted by Crippen LogP contribution is -2.40. The van der Waals surface area contributed by atoms with Crippen LogP contribution in [-0.2, 0) is 25.6 Å². The Hall–Kier alpha value is -2.85. The number of ether oxygens (including phenoxy) is 2. The number of halogens is 2. The van der Waals surface area contributed by atoms with Crippen molar-refractivity contribution in [3.8, 4) is 0 Å². The van der Waals surface area contributed by atoms with E-state index in [0.29, 0.717) is 13.2 Å². The van der Waals surface area contributed by atoms with Crippen molar-refractivity contribution in [1.82, 2.24) is 9.88 Å². The summed E-state index contributed by atoms with van der Waals surface area (Å²) in [6.45, 7) is 2.36. The van der Waals surface area contributed by atoms with Crippen LogP contribution in [0.25, 0.3) is 12.2 Å². The minimum atomic E-state index is -0.829. The molecule has 0 aliphatic carbocycles. The molecule has 10 heteroatoms. The summed E-state index contributed by atoms with van der Waals surface area (Å²) in [6.07, 6.45) is 3.85. The van der Waals surface area contributed by atoms with Crippen LogP contribution in [0.4, 0.5) is 8.78 Å². The van der Waals surface area contributed by atoms with Gasteiger partial charge in [0.05, 0.1) is 23.3 Å². The number of hydrogen-bond acceptors (Lipinski definition) is 6. The lowest BCUT2D eigenvalue weighted by atomic mass is 10.2. The van der Waals surface area contributed by atoms with Gasteiger partial charge in [0.2, 0.25) is 5.91 Å². The molecule has 7 nitrogen and oxygen atoms in total.